The van der Waals surface area contributed by atoms with Gasteiger partial charge in [0.15, 0.2) is 18.2 Å². The van der Waals surface area contributed by atoms with Gasteiger partial charge in [-0.1, -0.05) is 0 Å². The third kappa shape index (κ3) is 4.99. The zero-order valence-electron chi connectivity index (χ0n) is 18.1. The molecule has 176 valence electrons. The SMILES string of the molecule is CC1(NC(=O)OC2CCC(c3cc(Nc4nccn5nc(OCC(F)F)cc45)n[nH]3)C2)CC1. The standard InChI is InChI=1S/C21H25F2N7O3/c1-21(4-5-21)26-20(31)33-13-3-2-12(8-13)14-9-17(28-27-14)25-19-15-10-18(32-11-16(22)23)29-30(15)7-6-24-19/h6-7,9-10,12-13,16H,2-5,8,11H2,1H3,(H,26,31)(H2,24,25,27,28). The third-order valence-corrected chi connectivity index (χ3v) is 6.07. The van der Waals surface area contributed by atoms with Crippen LogP contribution in [0.5, 0.6) is 5.88 Å². The minimum Gasteiger partial charge on any atom is -0.471 e. The summed E-state index contributed by atoms with van der Waals surface area (Å²) in [5, 5.41) is 17.5. The van der Waals surface area contributed by atoms with Crippen LogP contribution in [0.15, 0.2) is 24.5 Å². The molecule has 0 spiro atoms. The van der Waals surface area contributed by atoms with Crippen LogP contribution in [0.2, 0.25) is 0 Å². The van der Waals surface area contributed by atoms with Crippen LogP contribution in [-0.2, 0) is 4.74 Å². The molecule has 3 heterocycles. The molecule has 33 heavy (non-hydrogen) atoms. The van der Waals surface area contributed by atoms with Crippen molar-refractivity contribution in [2.45, 2.75) is 63.0 Å². The van der Waals surface area contributed by atoms with E-state index in [1.807, 2.05) is 13.0 Å². The highest BCUT2D eigenvalue weighted by Gasteiger charge is 2.40. The molecule has 3 aromatic rings. The van der Waals surface area contributed by atoms with E-state index < -0.39 is 13.0 Å². The molecule has 0 aliphatic heterocycles. The summed E-state index contributed by atoms with van der Waals surface area (Å²) in [5.74, 6) is 1.32. The van der Waals surface area contributed by atoms with Crippen molar-refractivity contribution >= 4 is 23.2 Å². The average Bonchev–Trinajstić information content (AvgIpc) is 3.19. The number of H-pyrrole nitrogens is 1. The minimum atomic E-state index is -2.58. The van der Waals surface area contributed by atoms with Crippen LogP contribution in [0.25, 0.3) is 5.52 Å². The molecule has 2 atom stereocenters. The highest BCUT2D eigenvalue weighted by atomic mass is 19.3. The molecule has 0 radical (unpaired) electrons. The van der Waals surface area contributed by atoms with E-state index in [0.717, 1.165) is 37.8 Å². The predicted octanol–water partition coefficient (Wildman–Crippen LogP) is 3.75. The fourth-order valence-corrected chi connectivity index (χ4v) is 4.02. The summed E-state index contributed by atoms with van der Waals surface area (Å²) in [6.07, 6.45) is 4.50. The van der Waals surface area contributed by atoms with Crippen LogP contribution in [0.4, 0.5) is 25.2 Å². The number of aromatic amines is 1. The second-order valence-corrected chi connectivity index (χ2v) is 8.85. The van der Waals surface area contributed by atoms with Crippen molar-refractivity contribution in [3.63, 3.8) is 0 Å². The number of anilines is 2. The van der Waals surface area contributed by atoms with Gasteiger partial charge in [0.05, 0.1) is 0 Å². The van der Waals surface area contributed by atoms with Crippen LogP contribution >= 0.6 is 0 Å². The molecule has 0 saturated heterocycles. The van der Waals surface area contributed by atoms with Crippen molar-refractivity contribution in [3.8, 4) is 5.88 Å². The predicted molar refractivity (Wildman–Crippen MR) is 114 cm³/mol. The van der Waals surface area contributed by atoms with Gasteiger partial charge in [-0.25, -0.2) is 23.1 Å². The number of hydrogen-bond acceptors (Lipinski definition) is 7. The first-order valence-corrected chi connectivity index (χ1v) is 10.9. The summed E-state index contributed by atoms with van der Waals surface area (Å²) < 4.78 is 36.9. The third-order valence-electron chi connectivity index (χ3n) is 6.07. The second kappa shape index (κ2) is 8.49. The van der Waals surface area contributed by atoms with Crippen molar-refractivity contribution in [2.75, 3.05) is 11.9 Å². The molecule has 12 heteroatoms. The highest BCUT2D eigenvalue weighted by Crippen LogP contribution is 2.37. The molecule has 2 fully saturated rings. The first-order valence-electron chi connectivity index (χ1n) is 10.9. The number of alkyl carbamates (subject to hydrolysis) is 1. The number of rotatable bonds is 8. The molecule has 2 aliphatic carbocycles. The number of carbonyl (C=O) groups is 1. The van der Waals surface area contributed by atoms with Gasteiger partial charge in [-0.3, -0.25) is 5.10 Å². The Bertz CT molecular complexity index is 1140. The van der Waals surface area contributed by atoms with E-state index in [1.54, 1.807) is 12.4 Å². The normalized spacial score (nSPS) is 21.3. The maximum Gasteiger partial charge on any atom is 0.407 e. The Hall–Kier alpha value is -3.44. The number of aromatic nitrogens is 5. The smallest absolute Gasteiger partial charge is 0.407 e. The maximum atomic E-state index is 12.4. The number of nitrogens with zero attached hydrogens (tertiary/aromatic N) is 4. The van der Waals surface area contributed by atoms with Gasteiger partial charge in [0.1, 0.15) is 11.6 Å². The topological polar surface area (TPSA) is 118 Å². The van der Waals surface area contributed by atoms with Crippen molar-refractivity contribution in [1.82, 2.24) is 30.1 Å². The van der Waals surface area contributed by atoms with Crippen LogP contribution < -0.4 is 15.4 Å². The second-order valence-electron chi connectivity index (χ2n) is 8.85. The fraction of sp³-hybridized carbons (Fsp3) is 0.524. The lowest BCUT2D eigenvalue weighted by Crippen LogP contribution is -2.36. The van der Waals surface area contributed by atoms with Gasteiger partial charge in [-0.2, -0.15) is 5.10 Å². The molecule has 0 aromatic carbocycles. The molecule has 0 bridgehead atoms. The maximum absolute atomic E-state index is 12.4. The number of fused-ring (bicyclic) bond motifs is 1. The monoisotopic (exact) mass is 461 g/mol. The first-order chi connectivity index (χ1) is 15.9. The van der Waals surface area contributed by atoms with Crippen LogP contribution in [0.3, 0.4) is 0 Å². The molecule has 10 nitrogen and oxygen atoms in total. The molecule has 2 saturated carbocycles. The molecule has 2 aliphatic rings. The summed E-state index contributed by atoms with van der Waals surface area (Å²) >= 11 is 0. The lowest BCUT2D eigenvalue weighted by molar-refractivity contribution is 0.0794. The van der Waals surface area contributed by atoms with E-state index in [1.165, 1.54) is 10.6 Å². The summed E-state index contributed by atoms with van der Waals surface area (Å²) in [4.78, 5) is 16.4. The Morgan fingerprint density at radius 2 is 2.21 bits per heavy atom. The van der Waals surface area contributed by atoms with Crippen molar-refractivity contribution in [3.05, 3.63) is 30.2 Å². The Kier molecular flexibility index (Phi) is 5.51. The van der Waals surface area contributed by atoms with Gasteiger partial charge in [-0.05, 0) is 39.0 Å². The van der Waals surface area contributed by atoms with Gasteiger partial charge in [-0.15, -0.1) is 5.10 Å². The summed E-state index contributed by atoms with van der Waals surface area (Å²) in [6.45, 7) is 1.29. The molecule has 3 aromatic heterocycles. The lowest BCUT2D eigenvalue weighted by atomic mass is 10.0. The van der Waals surface area contributed by atoms with Crippen molar-refractivity contribution in [1.29, 1.82) is 0 Å². The Morgan fingerprint density at radius 3 is 3.00 bits per heavy atom. The van der Waals surface area contributed by atoms with Gasteiger partial charge in [0.2, 0.25) is 5.88 Å². The van der Waals surface area contributed by atoms with E-state index in [2.05, 4.69) is 30.9 Å². The van der Waals surface area contributed by atoms with Gasteiger partial charge >= 0.3 is 6.09 Å². The van der Waals surface area contributed by atoms with E-state index in [-0.39, 0.29) is 29.5 Å². The Labute approximate surface area is 188 Å². The van der Waals surface area contributed by atoms with Gasteiger partial charge in [0.25, 0.3) is 6.43 Å². The molecule has 3 N–H and O–H groups in total. The van der Waals surface area contributed by atoms with Crippen molar-refractivity contribution in [2.24, 2.45) is 0 Å². The van der Waals surface area contributed by atoms with E-state index in [9.17, 15) is 13.6 Å². The number of carbonyl (C=O) groups excluding carboxylic acids is 1. The number of hydrogen-bond donors (Lipinski definition) is 3. The molecular weight excluding hydrogens is 436 g/mol. The quantitative estimate of drug-likeness (QED) is 0.467. The number of amides is 1. The fourth-order valence-electron chi connectivity index (χ4n) is 4.02. The average molecular weight is 461 g/mol. The first kappa shape index (κ1) is 21.4. The molecular formula is C21H25F2N7O3. The summed E-state index contributed by atoms with van der Waals surface area (Å²) in [6, 6.07) is 3.44. The Balaban J connectivity index is 1.20. The summed E-state index contributed by atoms with van der Waals surface area (Å²) in [7, 11) is 0. The van der Waals surface area contributed by atoms with E-state index in [4.69, 9.17) is 9.47 Å². The zero-order chi connectivity index (χ0) is 23.0. The van der Waals surface area contributed by atoms with Gasteiger partial charge < -0.3 is 20.1 Å². The number of alkyl halides is 2. The van der Waals surface area contributed by atoms with E-state index in [0.29, 0.717) is 17.2 Å². The number of ether oxygens (including phenoxy) is 2. The molecule has 1 amide bonds. The van der Waals surface area contributed by atoms with Crippen LogP contribution in [0, 0.1) is 0 Å². The Morgan fingerprint density at radius 1 is 1.36 bits per heavy atom. The number of nitrogens with one attached hydrogen (secondary N) is 3. The van der Waals surface area contributed by atoms with Crippen LogP contribution in [-0.4, -0.2) is 55.6 Å². The van der Waals surface area contributed by atoms with Crippen molar-refractivity contribution < 1.29 is 23.0 Å². The largest absolute Gasteiger partial charge is 0.471 e. The molecule has 2 unspecified atom stereocenters. The minimum absolute atomic E-state index is 0.0887. The molecule has 5 rings (SSSR count). The van der Waals surface area contributed by atoms with Crippen LogP contribution in [0.1, 0.15) is 50.6 Å². The zero-order valence-corrected chi connectivity index (χ0v) is 18.1. The van der Waals surface area contributed by atoms with E-state index >= 15 is 0 Å². The summed E-state index contributed by atoms with van der Waals surface area (Å²) in [5.41, 5.74) is 1.41. The number of halogens is 2. The lowest BCUT2D eigenvalue weighted by Gasteiger charge is -2.16. The van der Waals surface area contributed by atoms with Gasteiger partial charge in [0, 0.05) is 41.7 Å². The highest BCUT2D eigenvalue weighted by molar-refractivity contribution is 5.73.